The maximum Gasteiger partial charge on any atom is 1.00 e. The molecule has 50 valence electrons. The second-order valence-corrected chi connectivity index (χ2v) is 1.65. The van der Waals surface area contributed by atoms with Gasteiger partial charge in [-0.2, -0.15) is 7.11 Å². The number of benzene rings is 1. The van der Waals surface area contributed by atoms with E-state index in [1.54, 1.807) is 0 Å². The van der Waals surface area contributed by atoms with Gasteiger partial charge in [0.15, 0.2) is 0 Å². The predicted molar refractivity (Wildman–Crippen MR) is 37.1 cm³/mol. The van der Waals surface area contributed by atoms with Crippen molar-refractivity contribution in [2.45, 2.75) is 6.92 Å². The maximum absolute atomic E-state index is 8.25. The van der Waals surface area contributed by atoms with Crippen LogP contribution in [0.15, 0.2) is 30.3 Å². The van der Waals surface area contributed by atoms with Crippen molar-refractivity contribution in [3.63, 3.8) is 0 Å². The van der Waals surface area contributed by atoms with Gasteiger partial charge < -0.3 is 5.11 Å². The second-order valence-electron chi connectivity index (χ2n) is 1.65. The molecule has 1 aromatic carbocycles. The first-order chi connectivity index (χ1) is 4.39. The van der Waals surface area contributed by atoms with Crippen molar-refractivity contribution in [2.75, 3.05) is 7.11 Å². The summed E-state index contributed by atoms with van der Waals surface area (Å²) in [5.41, 5.74) is 1.32. The molecule has 10 heavy (non-hydrogen) atoms. The molecular formula is C8H11NaO. The van der Waals surface area contributed by atoms with Crippen molar-refractivity contribution in [2.24, 2.45) is 0 Å². The van der Waals surface area contributed by atoms with Crippen LogP contribution in [-0.4, -0.2) is 7.11 Å². The van der Waals surface area contributed by atoms with E-state index in [0.29, 0.717) is 0 Å². The van der Waals surface area contributed by atoms with Gasteiger partial charge in [0.2, 0.25) is 0 Å². The average molecular weight is 146 g/mol. The Morgan fingerprint density at radius 1 is 1.00 bits per heavy atom. The standard InChI is InChI=1S/C7H8.CH3O.Na/c1-7-5-3-2-4-6-7;1-2;/h2-6H,1H3;1H3;/q;-1;+1. The fourth-order valence-corrected chi connectivity index (χ4v) is 0.534. The minimum absolute atomic E-state index is 0. The van der Waals surface area contributed by atoms with Gasteiger partial charge in [0, 0.05) is 0 Å². The largest absolute Gasteiger partial charge is 1.00 e. The molecule has 0 unspecified atom stereocenters. The normalized spacial score (nSPS) is 6.70. The maximum atomic E-state index is 8.25. The Kier molecular flexibility index (Phi) is 11.8. The van der Waals surface area contributed by atoms with Crippen LogP contribution in [0.2, 0.25) is 0 Å². The zero-order valence-electron chi connectivity index (χ0n) is 6.79. The van der Waals surface area contributed by atoms with Crippen LogP contribution >= 0.6 is 0 Å². The predicted octanol–water partition coefficient (Wildman–Crippen LogP) is -2.02. The molecule has 0 N–H and O–H groups in total. The Morgan fingerprint density at radius 2 is 1.40 bits per heavy atom. The smallest absolute Gasteiger partial charge is 0.857 e. The molecule has 0 amide bonds. The zero-order valence-corrected chi connectivity index (χ0v) is 8.79. The third-order valence-electron chi connectivity index (χ3n) is 0.940. The van der Waals surface area contributed by atoms with Crippen molar-refractivity contribution in [3.8, 4) is 0 Å². The Balaban J connectivity index is 0. The minimum atomic E-state index is 0. The molecule has 1 rings (SSSR count). The number of aryl methyl sites for hydroxylation is 1. The van der Waals surface area contributed by atoms with Crippen LogP contribution in [0.5, 0.6) is 0 Å². The molecule has 0 saturated heterocycles. The summed E-state index contributed by atoms with van der Waals surface area (Å²) in [7, 11) is 0.750. The fourth-order valence-electron chi connectivity index (χ4n) is 0.534. The van der Waals surface area contributed by atoms with Crippen LogP contribution in [-0.2, 0) is 0 Å². The number of hydrogen-bond donors (Lipinski definition) is 0. The summed E-state index contributed by atoms with van der Waals surface area (Å²) in [6.07, 6.45) is 0. The van der Waals surface area contributed by atoms with Gasteiger partial charge in [-0.3, -0.25) is 0 Å². The van der Waals surface area contributed by atoms with Crippen molar-refractivity contribution in [3.05, 3.63) is 35.9 Å². The Morgan fingerprint density at radius 3 is 1.60 bits per heavy atom. The van der Waals surface area contributed by atoms with E-state index in [4.69, 9.17) is 5.11 Å². The third kappa shape index (κ3) is 6.30. The summed E-state index contributed by atoms with van der Waals surface area (Å²) < 4.78 is 0. The molecule has 0 aliphatic rings. The first-order valence-corrected chi connectivity index (χ1v) is 2.82. The molecule has 0 aliphatic heterocycles. The number of hydrogen-bond acceptors (Lipinski definition) is 1. The monoisotopic (exact) mass is 146 g/mol. The summed E-state index contributed by atoms with van der Waals surface area (Å²) in [4.78, 5) is 0. The fraction of sp³-hybridized carbons (Fsp3) is 0.250. The van der Waals surface area contributed by atoms with Crippen LogP contribution in [0, 0.1) is 6.92 Å². The molecule has 0 saturated carbocycles. The molecule has 0 fully saturated rings. The summed E-state index contributed by atoms with van der Waals surface area (Å²) >= 11 is 0. The minimum Gasteiger partial charge on any atom is -0.857 e. The Labute approximate surface area is 84.4 Å². The van der Waals surface area contributed by atoms with Crippen molar-refractivity contribution < 1.29 is 34.7 Å². The molecule has 2 heteroatoms. The van der Waals surface area contributed by atoms with E-state index in [-0.39, 0.29) is 29.6 Å². The summed E-state index contributed by atoms with van der Waals surface area (Å²) in [5, 5.41) is 8.25. The molecule has 0 aliphatic carbocycles. The van der Waals surface area contributed by atoms with E-state index in [9.17, 15) is 0 Å². The van der Waals surface area contributed by atoms with Crippen LogP contribution in [0.1, 0.15) is 5.56 Å². The topological polar surface area (TPSA) is 23.1 Å². The summed E-state index contributed by atoms with van der Waals surface area (Å²) in [6, 6.07) is 10.3. The van der Waals surface area contributed by atoms with Gasteiger partial charge in [-0.1, -0.05) is 35.9 Å². The van der Waals surface area contributed by atoms with E-state index in [1.807, 2.05) is 18.2 Å². The van der Waals surface area contributed by atoms with Gasteiger partial charge in [-0.15, -0.1) is 0 Å². The van der Waals surface area contributed by atoms with Gasteiger partial charge in [0.25, 0.3) is 0 Å². The van der Waals surface area contributed by atoms with E-state index in [2.05, 4.69) is 19.1 Å². The van der Waals surface area contributed by atoms with Gasteiger partial charge in [-0.05, 0) is 6.92 Å². The van der Waals surface area contributed by atoms with Crippen LogP contribution in [0.25, 0.3) is 0 Å². The van der Waals surface area contributed by atoms with E-state index in [0.717, 1.165) is 7.11 Å². The van der Waals surface area contributed by atoms with Gasteiger partial charge in [0.05, 0.1) is 0 Å². The van der Waals surface area contributed by atoms with Crippen molar-refractivity contribution in [1.29, 1.82) is 0 Å². The SMILES string of the molecule is C[O-].Cc1ccccc1.[Na+]. The van der Waals surface area contributed by atoms with E-state index in [1.165, 1.54) is 5.56 Å². The van der Waals surface area contributed by atoms with Gasteiger partial charge in [0.1, 0.15) is 0 Å². The van der Waals surface area contributed by atoms with E-state index < -0.39 is 0 Å². The summed E-state index contributed by atoms with van der Waals surface area (Å²) in [5.74, 6) is 0. The molecule has 0 spiro atoms. The van der Waals surface area contributed by atoms with Gasteiger partial charge >= 0.3 is 29.6 Å². The number of rotatable bonds is 0. The summed E-state index contributed by atoms with van der Waals surface area (Å²) in [6.45, 7) is 2.08. The molecule has 1 nitrogen and oxygen atoms in total. The zero-order chi connectivity index (χ0) is 7.11. The van der Waals surface area contributed by atoms with Crippen molar-refractivity contribution >= 4 is 0 Å². The first-order valence-electron chi connectivity index (χ1n) is 2.82. The Bertz CT molecular complexity index is 139. The molecule has 0 bridgehead atoms. The molecule has 0 heterocycles. The quantitative estimate of drug-likeness (QED) is 0.387. The van der Waals surface area contributed by atoms with Crippen LogP contribution in [0.3, 0.4) is 0 Å². The third-order valence-corrected chi connectivity index (χ3v) is 0.940. The van der Waals surface area contributed by atoms with E-state index >= 15 is 0 Å². The molecule has 1 aromatic rings. The molecule has 0 aromatic heterocycles. The van der Waals surface area contributed by atoms with Crippen LogP contribution in [0.4, 0.5) is 0 Å². The average Bonchev–Trinajstić information content (AvgIpc) is 1.94. The first kappa shape index (κ1) is 12.8. The molecule has 0 radical (unpaired) electrons. The molecular weight excluding hydrogens is 135 g/mol. The van der Waals surface area contributed by atoms with Crippen LogP contribution < -0.4 is 34.7 Å². The van der Waals surface area contributed by atoms with Gasteiger partial charge in [-0.25, -0.2) is 0 Å². The Hall–Kier alpha value is 0.180. The van der Waals surface area contributed by atoms with Crippen molar-refractivity contribution in [1.82, 2.24) is 0 Å². The molecule has 0 atom stereocenters. The second kappa shape index (κ2) is 9.18.